The number of ether oxygens (including phenoxy) is 1. The summed E-state index contributed by atoms with van der Waals surface area (Å²) in [5.41, 5.74) is 2.26. The molecule has 0 saturated carbocycles. The fourth-order valence-corrected chi connectivity index (χ4v) is 5.35. The van der Waals surface area contributed by atoms with Gasteiger partial charge in [0.2, 0.25) is 10.0 Å². The Morgan fingerprint density at radius 2 is 1.55 bits per heavy atom. The third-order valence-corrected chi connectivity index (χ3v) is 7.39. The molecule has 2 aromatic carbocycles. The van der Waals surface area contributed by atoms with Crippen molar-refractivity contribution in [1.82, 2.24) is 14.1 Å². The van der Waals surface area contributed by atoms with E-state index in [-0.39, 0.29) is 12.2 Å². The smallest absolute Gasteiger partial charge is 0.211 e. The van der Waals surface area contributed by atoms with Crippen LogP contribution in [0.1, 0.15) is 11.1 Å². The zero-order valence-electron chi connectivity index (χ0n) is 17.9. The Labute approximate surface area is 190 Å². The number of morpholine rings is 2. The minimum atomic E-state index is -3.27. The molecule has 2 aliphatic rings. The van der Waals surface area contributed by atoms with Crippen LogP contribution in [0.3, 0.4) is 0 Å². The third kappa shape index (κ3) is 6.51. The molecule has 168 valence electrons. The zero-order chi connectivity index (χ0) is 21.8. The van der Waals surface area contributed by atoms with E-state index in [0.29, 0.717) is 19.6 Å². The third-order valence-electron chi connectivity index (χ3n) is 5.89. The Morgan fingerprint density at radius 1 is 0.935 bits per heavy atom. The van der Waals surface area contributed by atoms with Crippen molar-refractivity contribution in [2.45, 2.75) is 25.3 Å². The second kappa shape index (κ2) is 9.98. The highest BCUT2D eigenvalue weighted by atomic mass is 35.5. The molecule has 2 atom stereocenters. The molecule has 2 saturated heterocycles. The Balaban J connectivity index is 1.30. The highest BCUT2D eigenvalue weighted by molar-refractivity contribution is 7.88. The lowest BCUT2D eigenvalue weighted by Gasteiger charge is -2.46. The molecule has 2 aromatic rings. The van der Waals surface area contributed by atoms with Gasteiger partial charge in [-0.3, -0.25) is 9.80 Å². The average molecular weight is 464 g/mol. The van der Waals surface area contributed by atoms with Crippen LogP contribution in [0.2, 0.25) is 5.02 Å². The lowest BCUT2D eigenvalue weighted by Crippen LogP contribution is -2.59. The van der Waals surface area contributed by atoms with Gasteiger partial charge in [0.1, 0.15) is 0 Å². The molecule has 0 radical (unpaired) electrons. The van der Waals surface area contributed by atoms with E-state index in [1.165, 1.54) is 11.8 Å². The summed E-state index contributed by atoms with van der Waals surface area (Å²) in [6, 6.07) is 17.8. The van der Waals surface area contributed by atoms with E-state index in [9.17, 15) is 8.42 Å². The first-order chi connectivity index (χ1) is 14.8. The van der Waals surface area contributed by atoms with Gasteiger partial charge in [0, 0.05) is 57.4 Å². The van der Waals surface area contributed by atoms with Gasteiger partial charge in [-0.15, -0.1) is 0 Å². The summed E-state index contributed by atoms with van der Waals surface area (Å²) in [7, 11) is -3.27. The Bertz CT molecular complexity index is 942. The van der Waals surface area contributed by atoms with Crippen LogP contribution in [-0.2, 0) is 27.8 Å². The largest absolute Gasteiger partial charge is 0.370 e. The van der Waals surface area contributed by atoms with Gasteiger partial charge in [-0.25, -0.2) is 8.42 Å². The number of hydrogen-bond donors (Lipinski definition) is 0. The highest BCUT2D eigenvalue weighted by Gasteiger charge is 2.35. The van der Waals surface area contributed by atoms with E-state index in [1.54, 1.807) is 4.31 Å². The minimum Gasteiger partial charge on any atom is -0.370 e. The number of benzene rings is 2. The molecule has 2 unspecified atom stereocenters. The fraction of sp³-hybridized carbons (Fsp3) is 0.478. The molecule has 0 amide bonds. The second-order valence-corrected chi connectivity index (χ2v) is 11.0. The number of fused-ring (bicyclic) bond motifs is 2. The summed E-state index contributed by atoms with van der Waals surface area (Å²) < 4.78 is 32.4. The van der Waals surface area contributed by atoms with Gasteiger partial charge in [0.25, 0.3) is 0 Å². The summed E-state index contributed by atoms with van der Waals surface area (Å²) >= 11 is 5.99. The van der Waals surface area contributed by atoms with Gasteiger partial charge in [-0.1, -0.05) is 54.1 Å². The molecule has 2 heterocycles. The van der Waals surface area contributed by atoms with Crippen molar-refractivity contribution in [3.63, 3.8) is 0 Å². The summed E-state index contributed by atoms with van der Waals surface area (Å²) in [5, 5.41) is 0.758. The van der Waals surface area contributed by atoms with Crippen molar-refractivity contribution < 1.29 is 13.2 Å². The second-order valence-electron chi connectivity index (χ2n) is 8.54. The predicted molar refractivity (Wildman–Crippen MR) is 124 cm³/mol. The molecular weight excluding hydrogens is 434 g/mol. The van der Waals surface area contributed by atoms with Crippen molar-refractivity contribution in [2.75, 3.05) is 45.5 Å². The van der Waals surface area contributed by atoms with Crippen molar-refractivity contribution in [2.24, 2.45) is 0 Å². The van der Waals surface area contributed by atoms with Crippen molar-refractivity contribution in [3.8, 4) is 0 Å². The lowest BCUT2D eigenvalue weighted by atomic mass is 10.1. The molecular formula is C23H30ClN3O3S. The molecule has 2 fully saturated rings. The molecule has 0 N–H and O–H groups in total. The van der Waals surface area contributed by atoms with Crippen LogP contribution in [0.15, 0.2) is 54.6 Å². The van der Waals surface area contributed by atoms with Gasteiger partial charge in [0.15, 0.2) is 0 Å². The molecule has 6 nitrogen and oxygen atoms in total. The Morgan fingerprint density at radius 3 is 2.16 bits per heavy atom. The topological polar surface area (TPSA) is 53.1 Å². The fourth-order valence-electron chi connectivity index (χ4n) is 4.42. The van der Waals surface area contributed by atoms with Crippen LogP contribution in [0.25, 0.3) is 0 Å². The Kier molecular flexibility index (Phi) is 7.31. The zero-order valence-corrected chi connectivity index (χ0v) is 19.4. The molecule has 2 bridgehead atoms. The van der Waals surface area contributed by atoms with Crippen LogP contribution in [0.4, 0.5) is 0 Å². The first kappa shape index (κ1) is 22.7. The van der Waals surface area contributed by atoms with E-state index >= 15 is 0 Å². The number of nitrogens with zero attached hydrogens (tertiary/aromatic N) is 3. The van der Waals surface area contributed by atoms with Crippen molar-refractivity contribution in [3.05, 3.63) is 70.7 Å². The first-order valence-corrected chi connectivity index (χ1v) is 12.9. The summed E-state index contributed by atoms with van der Waals surface area (Å²) in [6.07, 6.45) is 1.60. The maximum atomic E-state index is 12.3. The minimum absolute atomic E-state index is 0.153. The van der Waals surface area contributed by atoms with Gasteiger partial charge in [-0.2, -0.15) is 4.31 Å². The number of rotatable bonds is 8. The van der Waals surface area contributed by atoms with E-state index in [0.717, 1.165) is 43.3 Å². The molecule has 31 heavy (non-hydrogen) atoms. The monoisotopic (exact) mass is 463 g/mol. The number of halogens is 1. The number of hydrogen-bond acceptors (Lipinski definition) is 5. The molecule has 2 aliphatic heterocycles. The normalized spacial score (nSPS) is 22.7. The van der Waals surface area contributed by atoms with E-state index in [1.807, 2.05) is 42.5 Å². The molecule has 0 aliphatic carbocycles. The van der Waals surface area contributed by atoms with Gasteiger partial charge in [0.05, 0.1) is 18.5 Å². The maximum absolute atomic E-state index is 12.3. The standard InChI is InChI=1S/C23H30ClN3O3S/c1-31(28,29)27(14-19-5-3-2-4-6-19)12-11-25-15-22-17-26(18-23(16-25)30-22)13-20-7-9-21(24)10-8-20/h2-10,22-23H,11-18H2,1H3. The van der Waals surface area contributed by atoms with Gasteiger partial charge < -0.3 is 4.74 Å². The summed E-state index contributed by atoms with van der Waals surface area (Å²) in [4.78, 5) is 4.79. The van der Waals surface area contributed by atoms with E-state index in [4.69, 9.17) is 16.3 Å². The Hall–Kier alpha value is -1.48. The summed E-state index contributed by atoms with van der Waals surface area (Å²) in [6.45, 7) is 5.94. The maximum Gasteiger partial charge on any atom is 0.211 e. The van der Waals surface area contributed by atoms with Crippen LogP contribution < -0.4 is 0 Å². The van der Waals surface area contributed by atoms with Crippen LogP contribution >= 0.6 is 11.6 Å². The van der Waals surface area contributed by atoms with Crippen LogP contribution in [0.5, 0.6) is 0 Å². The SMILES string of the molecule is CS(=O)(=O)N(CCN1CC2CN(Cc3ccc(Cl)cc3)CC(C1)O2)Cc1ccccc1. The van der Waals surface area contributed by atoms with E-state index < -0.39 is 10.0 Å². The van der Waals surface area contributed by atoms with Crippen LogP contribution in [-0.4, -0.2) is 80.3 Å². The molecule has 0 spiro atoms. The van der Waals surface area contributed by atoms with Gasteiger partial charge >= 0.3 is 0 Å². The molecule has 0 aromatic heterocycles. The lowest BCUT2D eigenvalue weighted by molar-refractivity contribution is -0.140. The number of sulfonamides is 1. The van der Waals surface area contributed by atoms with Gasteiger partial charge in [-0.05, 0) is 23.3 Å². The molecule has 4 rings (SSSR count). The molecule has 8 heteroatoms. The highest BCUT2D eigenvalue weighted by Crippen LogP contribution is 2.21. The average Bonchev–Trinajstić information content (AvgIpc) is 2.72. The van der Waals surface area contributed by atoms with Crippen LogP contribution in [0, 0.1) is 0 Å². The quantitative estimate of drug-likeness (QED) is 0.602. The first-order valence-electron chi connectivity index (χ1n) is 10.7. The van der Waals surface area contributed by atoms with Crippen molar-refractivity contribution in [1.29, 1.82) is 0 Å². The van der Waals surface area contributed by atoms with Crippen molar-refractivity contribution >= 4 is 21.6 Å². The predicted octanol–water partition coefficient (Wildman–Crippen LogP) is 2.69. The summed E-state index contributed by atoms with van der Waals surface area (Å²) in [5.74, 6) is 0. The van der Waals surface area contributed by atoms with E-state index in [2.05, 4.69) is 21.9 Å².